The highest BCUT2D eigenvalue weighted by Gasteiger charge is 2.32. The summed E-state index contributed by atoms with van der Waals surface area (Å²) >= 11 is 4.05. The summed E-state index contributed by atoms with van der Waals surface area (Å²) in [6.07, 6.45) is 2.13. The third-order valence-corrected chi connectivity index (χ3v) is 5.40. The number of carbonyl (C=O) groups is 4. The van der Waals surface area contributed by atoms with Crippen molar-refractivity contribution in [3.8, 4) is 0 Å². The topological polar surface area (TPSA) is 200 Å². The molecular formula is C19H32N6O6S. The highest BCUT2D eigenvalue weighted by Crippen LogP contribution is 2.07. The van der Waals surface area contributed by atoms with Gasteiger partial charge in [-0.1, -0.05) is 20.3 Å². The lowest BCUT2D eigenvalue weighted by molar-refractivity contribution is -0.142. The van der Waals surface area contributed by atoms with E-state index in [0.717, 1.165) is 0 Å². The summed E-state index contributed by atoms with van der Waals surface area (Å²) in [6.45, 7) is 4.95. The molecule has 13 heteroatoms. The zero-order chi connectivity index (χ0) is 24.4. The first-order chi connectivity index (χ1) is 15.0. The van der Waals surface area contributed by atoms with Crippen molar-refractivity contribution in [1.82, 2.24) is 25.9 Å². The van der Waals surface area contributed by atoms with Crippen LogP contribution in [0.1, 0.15) is 32.9 Å². The number of aliphatic carboxylic acids is 1. The van der Waals surface area contributed by atoms with Gasteiger partial charge in [0.05, 0.1) is 18.5 Å². The molecule has 0 bridgehead atoms. The number of hydrogen-bond donors (Lipinski definition) is 8. The number of carboxylic acid groups (broad SMARTS) is 1. The predicted octanol–water partition coefficient (Wildman–Crippen LogP) is -1.82. The Balaban J connectivity index is 2.82. The summed E-state index contributed by atoms with van der Waals surface area (Å²) in [5.74, 6) is -3.80. The monoisotopic (exact) mass is 472 g/mol. The average molecular weight is 473 g/mol. The number of aromatic nitrogens is 2. The van der Waals surface area contributed by atoms with E-state index >= 15 is 0 Å². The van der Waals surface area contributed by atoms with Gasteiger partial charge in [0.25, 0.3) is 0 Å². The van der Waals surface area contributed by atoms with Gasteiger partial charge in [0.1, 0.15) is 18.1 Å². The lowest BCUT2D eigenvalue weighted by Gasteiger charge is -2.26. The molecule has 12 nitrogen and oxygen atoms in total. The smallest absolute Gasteiger partial charge is 0.326 e. The van der Waals surface area contributed by atoms with E-state index in [0.29, 0.717) is 12.1 Å². The third-order valence-electron chi connectivity index (χ3n) is 5.03. The number of carboxylic acids is 1. The minimum Gasteiger partial charge on any atom is -0.480 e. The van der Waals surface area contributed by atoms with Crippen LogP contribution in [0.15, 0.2) is 12.5 Å². The molecule has 1 aromatic rings. The third kappa shape index (κ3) is 8.13. The zero-order valence-electron chi connectivity index (χ0n) is 18.2. The molecule has 180 valence electrons. The Bertz CT molecular complexity index is 774. The van der Waals surface area contributed by atoms with E-state index in [2.05, 4.69) is 38.5 Å². The van der Waals surface area contributed by atoms with E-state index in [1.807, 2.05) is 6.92 Å². The molecule has 8 N–H and O–H groups in total. The molecule has 6 unspecified atom stereocenters. The van der Waals surface area contributed by atoms with Crippen LogP contribution in [0, 0.1) is 5.92 Å². The molecule has 0 fully saturated rings. The second-order valence-corrected chi connectivity index (χ2v) is 7.93. The molecule has 0 spiro atoms. The number of thiol groups is 1. The lowest BCUT2D eigenvalue weighted by atomic mass is 9.98. The number of imidazole rings is 1. The van der Waals surface area contributed by atoms with Gasteiger partial charge >= 0.3 is 5.97 Å². The number of nitrogens with zero attached hydrogens (tertiary/aromatic N) is 1. The van der Waals surface area contributed by atoms with Gasteiger partial charge in [-0.25, -0.2) is 9.78 Å². The predicted molar refractivity (Wildman–Crippen MR) is 119 cm³/mol. The summed E-state index contributed by atoms with van der Waals surface area (Å²) < 4.78 is 0. The normalized spacial score (nSPS) is 16.7. The number of hydrogen-bond acceptors (Lipinski definition) is 8. The van der Waals surface area contributed by atoms with Crippen LogP contribution in [0.2, 0.25) is 0 Å². The number of H-pyrrole nitrogens is 1. The van der Waals surface area contributed by atoms with Crippen LogP contribution in [0.5, 0.6) is 0 Å². The van der Waals surface area contributed by atoms with Crippen molar-refractivity contribution in [2.75, 3.05) is 5.75 Å². The van der Waals surface area contributed by atoms with Crippen LogP contribution < -0.4 is 21.7 Å². The fourth-order valence-electron chi connectivity index (χ4n) is 2.71. The Labute approximate surface area is 191 Å². The fourth-order valence-corrected chi connectivity index (χ4v) is 2.97. The fraction of sp³-hybridized carbons (Fsp3) is 0.632. The molecule has 32 heavy (non-hydrogen) atoms. The van der Waals surface area contributed by atoms with E-state index < -0.39 is 54.0 Å². The van der Waals surface area contributed by atoms with Crippen molar-refractivity contribution in [3.63, 3.8) is 0 Å². The first kappa shape index (κ1) is 27.4. The Morgan fingerprint density at radius 1 is 1.12 bits per heavy atom. The molecule has 0 aliphatic heterocycles. The van der Waals surface area contributed by atoms with E-state index in [1.165, 1.54) is 19.4 Å². The van der Waals surface area contributed by atoms with Crippen LogP contribution in [-0.4, -0.2) is 79.9 Å². The average Bonchev–Trinajstić information content (AvgIpc) is 3.26. The van der Waals surface area contributed by atoms with Crippen molar-refractivity contribution in [3.05, 3.63) is 18.2 Å². The van der Waals surface area contributed by atoms with Gasteiger partial charge in [0.2, 0.25) is 17.7 Å². The molecule has 0 aromatic carbocycles. The lowest BCUT2D eigenvalue weighted by Crippen LogP contribution is -2.60. The Morgan fingerprint density at radius 2 is 1.75 bits per heavy atom. The highest BCUT2D eigenvalue weighted by atomic mass is 32.1. The highest BCUT2D eigenvalue weighted by molar-refractivity contribution is 7.80. The number of carbonyl (C=O) groups excluding carboxylic acids is 3. The largest absolute Gasteiger partial charge is 0.480 e. The van der Waals surface area contributed by atoms with Gasteiger partial charge < -0.3 is 36.9 Å². The van der Waals surface area contributed by atoms with Crippen molar-refractivity contribution < 1.29 is 29.4 Å². The summed E-state index contributed by atoms with van der Waals surface area (Å²) in [5.41, 5.74) is 6.37. The molecule has 6 atom stereocenters. The standard InChI is InChI=1S/C19H32N6O6S/c1-4-9(2)14(20)17(28)25-15(10(3)26)18(29)24-13(7-32)16(27)23-12(19(30)31)5-11-6-21-8-22-11/h6,8-10,12-15,26,32H,4-5,7,20H2,1-3H3,(H,21,22)(H,23,27)(H,24,29)(H,25,28)(H,30,31). The molecule has 0 aliphatic carbocycles. The molecular weight excluding hydrogens is 440 g/mol. The maximum Gasteiger partial charge on any atom is 0.326 e. The van der Waals surface area contributed by atoms with Gasteiger partial charge in [0.15, 0.2) is 0 Å². The number of aliphatic hydroxyl groups excluding tert-OH is 1. The van der Waals surface area contributed by atoms with Crippen LogP contribution >= 0.6 is 12.6 Å². The van der Waals surface area contributed by atoms with Crippen LogP contribution in [0.3, 0.4) is 0 Å². The zero-order valence-corrected chi connectivity index (χ0v) is 19.1. The van der Waals surface area contributed by atoms with Gasteiger partial charge in [0, 0.05) is 24.1 Å². The SMILES string of the molecule is CCC(C)C(N)C(=O)NC(C(=O)NC(CS)C(=O)NC(Cc1cnc[nH]1)C(=O)O)C(C)O. The van der Waals surface area contributed by atoms with E-state index in [4.69, 9.17) is 5.73 Å². The first-order valence-electron chi connectivity index (χ1n) is 10.2. The van der Waals surface area contributed by atoms with Gasteiger partial charge in [-0.2, -0.15) is 12.6 Å². The van der Waals surface area contributed by atoms with Crippen LogP contribution in [0.25, 0.3) is 0 Å². The summed E-state index contributed by atoms with van der Waals surface area (Å²) in [4.78, 5) is 55.6. The summed E-state index contributed by atoms with van der Waals surface area (Å²) in [7, 11) is 0. The van der Waals surface area contributed by atoms with Gasteiger partial charge in [-0.05, 0) is 12.8 Å². The van der Waals surface area contributed by atoms with Gasteiger partial charge in [-0.15, -0.1) is 0 Å². The Morgan fingerprint density at radius 3 is 2.22 bits per heavy atom. The number of aliphatic hydroxyl groups is 1. The van der Waals surface area contributed by atoms with Crippen molar-refractivity contribution in [2.45, 2.75) is 63.9 Å². The summed E-state index contributed by atoms with van der Waals surface area (Å²) in [5, 5.41) is 26.5. The van der Waals surface area contributed by atoms with E-state index in [1.54, 1.807) is 6.92 Å². The molecule has 1 heterocycles. The van der Waals surface area contributed by atoms with E-state index in [9.17, 15) is 29.4 Å². The van der Waals surface area contributed by atoms with Crippen molar-refractivity contribution >= 4 is 36.3 Å². The number of nitrogens with two attached hydrogens (primary N) is 1. The second kappa shape index (κ2) is 13.0. The van der Waals surface area contributed by atoms with Gasteiger partial charge in [-0.3, -0.25) is 14.4 Å². The maximum absolute atomic E-state index is 12.7. The number of aromatic amines is 1. The van der Waals surface area contributed by atoms with E-state index in [-0.39, 0.29) is 18.1 Å². The van der Waals surface area contributed by atoms with Crippen molar-refractivity contribution in [2.24, 2.45) is 11.7 Å². The maximum atomic E-state index is 12.7. The van der Waals surface area contributed by atoms with Crippen LogP contribution in [-0.2, 0) is 25.6 Å². The van der Waals surface area contributed by atoms with Crippen LogP contribution in [0.4, 0.5) is 0 Å². The molecule has 0 saturated heterocycles. The number of rotatable bonds is 13. The molecule has 1 rings (SSSR count). The molecule has 1 aromatic heterocycles. The van der Waals surface area contributed by atoms with Crippen molar-refractivity contribution in [1.29, 1.82) is 0 Å². The molecule has 0 radical (unpaired) electrons. The molecule has 3 amide bonds. The minimum atomic E-state index is -1.37. The Hall–Kier alpha value is -2.64. The Kier molecular flexibility index (Phi) is 11.2. The summed E-state index contributed by atoms with van der Waals surface area (Å²) in [6, 6.07) is -4.73. The first-order valence-corrected chi connectivity index (χ1v) is 10.8. The number of amides is 3. The molecule has 0 saturated carbocycles. The second-order valence-electron chi connectivity index (χ2n) is 7.56. The number of nitrogens with one attached hydrogen (secondary N) is 4. The quantitative estimate of drug-likeness (QED) is 0.153. The molecule has 0 aliphatic rings. The minimum absolute atomic E-state index is 0.0475.